The molecule has 0 spiro atoms. The van der Waals surface area contributed by atoms with Crippen LogP contribution in [0.5, 0.6) is 0 Å². The molecule has 0 fully saturated rings. The Morgan fingerprint density at radius 3 is 2.70 bits per heavy atom. The molecule has 4 heteroatoms. The Morgan fingerprint density at radius 2 is 2.05 bits per heavy atom. The minimum atomic E-state index is 0.104. The summed E-state index contributed by atoms with van der Waals surface area (Å²) in [6.45, 7) is 3.01. The summed E-state index contributed by atoms with van der Waals surface area (Å²) in [6.07, 6.45) is 3.45. The number of carbonyl (C=O) groups excluding carboxylic acids is 1. The molecule has 112 valence electrons. The highest BCUT2D eigenvalue weighted by Gasteiger charge is 2.09. The molecule has 0 aromatic heterocycles. The van der Waals surface area contributed by atoms with E-state index in [4.69, 9.17) is 5.11 Å². The molecule has 0 heterocycles. The number of rotatable bonds is 10. The van der Waals surface area contributed by atoms with Gasteiger partial charge in [-0.15, -0.1) is 11.8 Å². The van der Waals surface area contributed by atoms with E-state index >= 15 is 0 Å². The fraction of sp³-hybridized carbons (Fsp3) is 0.562. The minimum Gasteiger partial charge on any atom is -0.396 e. The summed E-state index contributed by atoms with van der Waals surface area (Å²) in [4.78, 5) is 13.0. The SMILES string of the molecule is CCCC(CCO)CNC(=O)CCSc1ccccc1. The lowest BCUT2D eigenvalue weighted by Gasteiger charge is -2.15. The van der Waals surface area contributed by atoms with Crippen molar-refractivity contribution in [2.75, 3.05) is 18.9 Å². The molecule has 1 aromatic carbocycles. The van der Waals surface area contributed by atoms with Crippen LogP contribution < -0.4 is 5.32 Å². The molecular formula is C16H25NO2S. The van der Waals surface area contributed by atoms with Crippen molar-refractivity contribution < 1.29 is 9.90 Å². The van der Waals surface area contributed by atoms with Gasteiger partial charge < -0.3 is 10.4 Å². The van der Waals surface area contributed by atoms with Crippen LogP contribution in [0.2, 0.25) is 0 Å². The molecule has 0 saturated carbocycles. The first-order valence-corrected chi connectivity index (χ1v) is 8.30. The quantitative estimate of drug-likeness (QED) is 0.652. The normalized spacial score (nSPS) is 12.1. The van der Waals surface area contributed by atoms with E-state index in [1.807, 2.05) is 18.2 Å². The van der Waals surface area contributed by atoms with Crippen LogP contribution >= 0.6 is 11.8 Å². The molecule has 0 radical (unpaired) electrons. The predicted molar refractivity (Wildman–Crippen MR) is 84.9 cm³/mol. The molecule has 3 nitrogen and oxygen atoms in total. The van der Waals surface area contributed by atoms with Crippen LogP contribution in [0.15, 0.2) is 35.2 Å². The summed E-state index contributed by atoms with van der Waals surface area (Å²) in [5.74, 6) is 1.30. The smallest absolute Gasteiger partial charge is 0.220 e. The molecule has 1 aromatic rings. The number of hydrogen-bond donors (Lipinski definition) is 2. The zero-order valence-corrected chi connectivity index (χ0v) is 13.0. The van der Waals surface area contributed by atoms with Crippen molar-refractivity contribution in [1.82, 2.24) is 5.32 Å². The van der Waals surface area contributed by atoms with E-state index < -0.39 is 0 Å². The molecule has 1 atom stereocenters. The Labute approximate surface area is 126 Å². The average molecular weight is 295 g/mol. The van der Waals surface area contributed by atoms with E-state index in [1.165, 1.54) is 4.90 Å². The van der Waals surface area contributed by atoms with E-state index in [1.54, 1.807) is 11.8 Å². The molecule has 0 bridgehead atoms. The van der Waals surface area contributed by atoms with E-state index in [0.29, 0.717) is 18.9 Å². The molecule has 1 rings (SSSR count). The zero-order chi connectivity index (χ0) is 14.6. The van der Waals surface area contributed by atoms with Crippen molar-refractivity contribution in [3.05, 3.63) is 30.3 Å². The lowest BCUT2D eigenvalue weighted by molar-refractivity contribution is -0.120. The van der Waals surface area contributed by atoms with Gasteiger partial charge in [-0.05, 0) is 30.9 Å². The second-order valence-corrected chi connectivity index (χ2v) is 6.05. The molecule has 2 N–H and O–H groups in total. The van der Waals surface area contributed by atoms with Crippen LogP contribution in [0.25, 0.3) is 0 Å². The number of hydrogen-bond acceptors (Lipinski definition) is 3. The van der Waals surface area contributed by atoms with Crippen molar-refractivity contribution in [3.63, 3.8) is 0 Å². The molecule has 0 aliphatic rings. The van der Waals surface area contributed by atoms with Gasteiger partial charge in [-0.2, -0.15) is 0 Å². The summed E-state index contributed by atoms with van der Waals surface area (Å²) < 4.78 is 0. The number of benzene rings is 1. The minimum absolute atomic E-state index is 0.104. The molecule has 0 aliphatic carbocycles. The maximum absolute atomic E-state index is 11.8. The summed E-state index contributed by atoms with van der Waals surface area (Å²) >= 11 is 1.70. The Hall–Kier alpha value is -1.00. The van der Waals surface area contributed by atoms with Gasteiger partial charge in [0, 0.05) is 30.2 Å². The Morgan fingerprint density at radius 1 is 1.30 bits per heavy atom. The summed E-state index contributed by atoms with van der Waals surface area (Å²) in [5, 5.41) is 12.0. The van der Waals surface area contributed by atoms with Crippen LogP contribution in [-0.4, -0.2) is 29.9 Å². The number of aliphatic hydroxyl groups is 1. The van der Waals surface area contributed by atoms with Gasteiger partial charge in [-0.3, -0.25) is 4.79 Å². The Kier molecular flexibility index (Phi) is 9.16. The third kappa shape index (κ3) is 7.56. The second-order valence-electron chi connectivity index (χ2n) is 4.88. The topological polar surface area (TPSA) is 49.3 Å². The predicted octanol–water partition coefficient (Wildman–Crippen LogP) is 3.08. The van der Waals surface area contributed by atoms with Gasteiger partial charge in [0.15, 0.2) is 0 Å². The second kappa shape index (κ2) is 10.7. The van der Waals surface area contributed by atoms with Gasteiger partial charge in [-0.1, -0.05) is 31.5 Å². The molecular weight excluding hydrogens is 270 g/mol. The number of nitrogens with one attached hydrogen (secondary N) is 1. The number of thioether (sulfide) groups is 1. The third-order valence-corrected chi connectivity index (χ3v) is 4.18. The largest absolute Gasteiger partial charge is 0.396 e. The van der Waals surface area contributed by atoms with Crippen molar-refractivity contribution in [3.8, 4) is 0 Å². The Balaban J connectivity index is 2.16. The standard InChI is InChI=1S/C16H25NO2S/c1-2-6-14(9-11-18)13-17-16(19)10-12-20-15-7-4-3-5-8-15/h3-5,7-8,14,18H,2,6,9-13H2,1H3,(H,17,19). The lowest BCUT2D eigenvalue weighted by atomic mass is 10.0. The van der Waals surface area contributed by atoms with Crippen LogP contribution in [0.3, 0.4) is 0 Å². The Bertz CT molecular complexity index is 364. The third-order valence-electron chi connectivity index (χ3n) is 3.16. The summed E-state index contributed by atoms with van der Waals surface area (Å²) in [6, 6.07) is 10.1. The first-order chi connectivity index (χ1) is 9.76. The number of aliphatic hydroxyl groups excluding tert-OH is 1. The fourth-order valence-corrected chi connectivity index (χ4v) is 2.94. The van der Waals surface area contributed by atoms with Gasteiger partial charge in [0.05, 0.1) is 0 Å². The maximum Gasteiger partial charge on any atom is 0.220 e. The van der Waals surface area contributed by atoms with E-state index in [-0.39, 0.29) is 12.5 Å². The van der Waals surface area contributed by atoms with Crippen molar-refractivity contribution >= 4 is 17.7 Å². The first-order valence-electron chi connectivity index (χ1n) is 7.31. The highest BCUT2D eigenvalue weighted by atomic mass is 32.2. The molecule has 0 aliphatic heterocycles. The molecule has 20 heavy (non-hydrogen) atoms. The molecule has 1 unspecified atom stereocenters. The van der Waals surface area contributed by atoms with E-state index in [2.05, 4.69) is 24.4 Å². The number of amides is 1. The van der Waals surface area contributed by atoms with Crippen molar-refractivity contribution in [2.45, 2.75) is 37.5 Å². The number of carbonyl (C=O) groups is 1. The summed E-state index contributed by atoms with van der Waals surface area (Å²) in [7, 11) is 0. The van der Waals surface area contributed by atoms with Crippen LogP contribution in [-0.2, 0) is 4.79 Å². The van der Waals surface area contributed by atoms with E-state index in [9.17, 15) is 4.79 Å². The van der Waals surface area contributed by atoms with E-state index in [0.717, 1.165) is 25.0 Å². The highest BCUT2D eigenvalue weighted by molar-refractivity contribution is 7.99. The van der Waals surface area contributed by atoms with Gasteiger partial charge in [0.1, 0.15) is 0 Å². The zero-order valence-electron chi connectivity index (χ0n) is 12.2. The average Bonchev–Trinajstić information content (AvgIpc) is 2.46. The van der Waals surface area contributed by atoms with Gasteiger partial charge in [-0.25, -0.2) is 0 Å². The van der Waals surface area contributed by atoms with Gasteiger partial charge >= 0.3 is 0 Å². The maximum atomic E-state index is 11.8. The summed E-state index contributed by atoms with van der Waals surface area (Å²) in [5.41, 5.74) is 0. The highest BCUT2D eigenvalue weighted by Crippen LogP contribution is 2.17. The fourth-order valence-electron chi connectivity index (χ4n) is 2.06. The monoisotopic (exact) mass is 295 g/mol. The molecule has 0 saturated heterocycles. The van der Waals surface area contributed by atoms with Gasteiger partial charge in [0.25, 0.3) is 0 Å². The first kappa shape index (κ1) is 17.1. The lowest BCUT2D eigenvalue weighted by Crippen LogP contribution is -2.29. The van der Waals surface area contributed by atoms with Crippen LogP contribution in [0.4, 0.5) is 0 Å². The van der Waals surface area contributed by atoms with Crippen LogP contribution in [0.1, 0.15) is 32.6 Å². The molecule has 1 amide bonds. The van der Waals surface area contributed by atoms with Crippen molar-refractivity contribution in [2.24, 2.45) is 5.92 Å². The van der Waals surface area contributed by atoms with Gasteiger partial charge in [0.2, 0.25) is 5.91 Å². The van der Waals surface area contributed by atoms with Crippen LogP contribution in [0, 0.1) is 5.92 Å². The van der Waals surface area contributed by atoms with Crippen molar-refractivity contribution in [1.29, 1.82) is 0 Å².